The summed E-state index contributed by atoms with van der Waals surface area (Å²) >= 11 is 5.61. The van der Waals surface area contributed by atoms with Gasteiger partial charge in [0.05, 0.1) is 11.1 Å². The number of hydrogen-bond donors (Lipinski definition) is 2. The quantitative estimate of drug-likeness (QED) is 0.848. The van der Waals surface area contributed by atoms with Gasteiger partial charge in [0.1, 0.15) is 5.82 Å². The summed E-state index contributed by atoms with van der Waals surface area (Å²) in [7, 11) is 0. The van der Waals surface area contributed by atoms with Crippen molar-refractivity contribution in [3.05, 3.63) is 34.6 Å². The van der Waals surface area contributed by atoms with E-state index in [4.69, 9.17) is 11.6 Å². The van der Waals surface area contributed by atoms with Gasteiger partial charge in [-0.15, -0.1) is 0 Å². The van der Waals surface area contributed by atoms with Crippen LogP contribution >= 0.6 is 11.6 Å². The van der Waals surface area contributed by atoms with Crippen molar-refractivity contribution in [1.82, 2.24) is 5.32 Å². The highest BCUT2D eigenvalue weighted by molar-refractivity contribution is 6.30. The number of aliphatic hydroxyl groups excluding tert-OH is 1. The number of carbonyl (C=O) groups excluding carboxylic acids is 1. The molecule has 0 heterocycles. The number of halogens is 2. The summed E-state index contributed by atoms with van der Waals surface area (Å²) in [4.78, 5) is 12.2. The Balaban J connectivity index is 1.56. The average Bonchev–Trinajstić information content (AvgIpc) is 3.33. The smallest absolute Gasteiger partial charge is 0.223 e. The first-order valence-electron chi connectivity index (χ1n) is 7.47. The summed E-state index contributed by atoms with van der Waals surface area (Å²) in [5, 5.41) is 12.9. The molecule has 114 valence electrons. The first-order chi connectivity index (χ1) is 10.1. The molecule has 0 aromatic heterocycles. The molecule has 0 saturated heterocycles. The minimum absolute atomic E-state index is 0.0255. The Bertz CT molecular complexity index is 531. The normalized spacial score (nSPS) is 19.6. The molecule has 0 aliphatic heterocycles. The lowest BCUT2D eigenvalue weighted by molar-refractivity contribution is -0.126. The van der Waals surface area contributed by atoms with Gasteiger partial charge in [-0.2, -0.15) is 0 Å². The zero-order valence-electron chi connectivity index (χ0n) is 11.7. The molecule has 3 nitrogen and oxygen atoms in total. The Morgan fingerprint density at radius 2 is 1.95 bits per heavy atom. The van der Waals surface area contributed by atoms with Gasteiger partial charge >= 0.3 is 0 Å². The molecule has 1 aromatic carbocycles. The van der Waals surface area contributed by atoms with Crippen molar-refractivity contribution >= 4 is 17.5 Å². The maximum atomic E-state index is 13.4. The molecule has 0 bridgehead atoms. The molecule has 2 fully saturated rings. The van der Waals surface area contributed by atoms with E-state index in [1.54, 1.807) is 6.07 Å². The predicted molar refractivity (Wildman–Crippen MR) is 78.3 cm³/mol. The first kappa shape index (κ1) is 14.8. The van der Waals surface area contributed by atoms with Crippen LogP contribution in [0.4, 0.5) is 4.39 Å². The van der Waals surface area contributed by atoms with Gasteiger partial charge in [-0.05, 0) is 55.2 Å². The number of carbonyl (C=O) groups is 1. The van der Waals surface area contributed by atoms with E-state index in [9.17, 15) is 14.3 Å². The van der Waals surface area contributed by atoms with E-state index < -0.39 is 11.9 Å². The Hall–Kier alpha value is -1.13. The van der Waals surface area contributed by atoms with Crippen LogP contribution in [0.25, 0.3) is 0 Å². The Labute approximate surface area is 128 Å². The number of nitrogens with one attached hydrogen (secondary N) is 1. The highest BCUT2D eigenvalue weighted by Gasteiger charge is 2.45. The molecule has 2 aliphatic rings. The van der Waals surface area contributed by atoms with Crippen molar-refractivity contribution in [3.8, 4) is 0 Å². The van der Waals surface area contributed by atoms with Crippen LogP contribution in [0.5, 0.6) is 0 Å². The van der Waals surface area contributed by atoms with E-state index in [-0.39, 0.29) is 23.4 Å². The molecule has 0 radical (unpaired) electrons. The zero-order valence-corrected chi connectivity index (χ0v) is 12.4. The standard InChI is InChI=1S/C16H19ClFNO2/c17-12-6-5-11(7-13(12)18)14(20)8-19-16(21)15(9-1-2-9)10-3-4-10/h5-7,9-10,14-15,20H,1-4,8H2,(H,19,21). The highest BCUT2D eigenvalue weighted by atomic mass is 35.5. The summed E-state index contributed by atoms with van der Waals surface area (Å²) in [6.07, 6.45) is 3.64. The van der Waals surface area contributed by atoms with E-state index in [1.807, 2.05) is 0 Å². The number of amides is 1. The lowest BCUT2D eigenvalue weighted by atomic mass is 9.97. The SMILES string of the molecule is O=C(NCC(O)c1ccc(Cl)c(F)c1)C(C1CC1)C1CC1. The maximum Gasteiger partial charge on any atom is 0.223 e. The maximum absolute atomic E-state index is 13.4. The summed E-state index contributed by atoms with van der Waals surface area (Å²) in [5.41, 5.74) is 0.423. The van der Waals surface area contributed by atoms with Crippen molar-refractivity contribution < 1.29 is 14.3 Å². The number of benzene rings is 1. The minimum atomic E-state index is -0.917. The third kappa shape index (κ3) is 3.55. The summed E-state index contributed by atoms with van der Waals surface area (Å²) in [6.45, 7) is 0.107. The lowest BCUT2D eigenvalue weighted by Gasteiger charge is -2.18. The average molecular weight is 312 g/mol. The third-order valence-corrected chi connectivity index (χ3v) is 4.67. The van der Waals surface area contributed by atoms with Crippen molar-refractivity contribution in [2.24, 2.45) is 17.8 Å². The fourth-order valence-corrected chi connectivity index (χ4v) is 2.99. The minimum Gasteiger partial charge on any atom is -0.387 e. The molecule has 2 saturated carbocycles. The van der Waals surface area contributed by atoms with Gasteiger partial charge in [-0.25, -0.2) is 4.39 Å². The van der Waals surface area contributed by atoms with Crippen LogP contribution in [-0.4, -0.2) is 17.6 Å². The molecule has 2 N–H and O–H groups in total. The molecular weight excluding hydrogens is 293 g/mol. The van der Waals surface area contributed by atoms with Crippen molar-refractivity contribution in [2.45, 2.75) is 31.8 Å². The fraction of sp³-hybridized carbons (Fsp3) is 0.562. The van der Waals surface area contributed by atoms with Crippen LogP contribution in [0.2, 0.25) is 5.02 Å². The van der Waals surface area contributed by atoms with Crippen LogP contribution in [0.3, 0.4) is 0 Å². The van der Waals surface area contributed by atoms with Crippen LogP contribution in [0.1, 0.15) is 37.4 Å². The molecule has 21 heavy (non-hydrogen) atoms. The van der Waals surface area contributed by atoms with Crippen LogP contribution in [0.15, 0.2) is 18.2 Å². The van der Waals surface area contributed by atoms with Gasteiger partial charge in [0.15, 0.2) is 0 Å². The van der Waals surface area contributed by atoms with E-state index in [0.717, 1.165) is 25.7 Å². The summed E-state index contributed by atoms with van der Waals surface area (Å²) in [6, 6.07) is 4.19. The Morgan fingerprint density at radius 3 is 2.48 bits per heavy atom. The van der Waals surface area contributed by atoms with E-state index >= 15 is 0 Å². The summed E-state index contributed by atoms with van der Waals surface area (Å²) in [5.74, 6) is 0.645. The van der Waals surface area contributed by atoms with Gasteiger partial charge in [0, 0.05) is 12.5 Å². The van der Waals surface area contributed by atoms with Crippen molar-refractivity contribution in [1.29, 1.82) is 0 Å². The van der Waals surface area contributed by atoms with Gasteiger partial charge in [-0.1, -0.05) is 17.7 Å². The number of rotatable bonds is 6. The van der Waals surface area contributed by atoms with E-state index in [2.05, 4.69) is 5.32 Å². The fourth-order valence-electron chi connectivity index (χ4n) is 2.88. The van der Waals surface area contributed by atoms with Crippen molar-refractivity contribution in [2.75, 3.05) is 6.54 Å². The molecule has 1 amide bonds. The van der Waals surface area contributed by atoms with Gasteiger partial charge < -0.3 is 10.4 Å². The second-order valence-electron chi connectivity index (χ2n) is 6.14. The Kier molecular flexibility index (Phi) is 4.18. The molecule has 2 aliphatic carbocycles. The van der Waals surface area contributed by atoms with Crippen LogP contribution in [0, 0.1) is 23.6 Å². The highest BCUT2D eigenvalue weighted by Crippen LogP contribution is 2.49. The molecule has 1 atom stereocenters. The first-order valence-corrected chi connectivity index (χ1v) is 7.85. The second kappa shape index (κ2) is 5.93. The molecular formula is C16H19ClFNO2. The molecule has 1 aromatic rings. The van der Waals surface area contributed by atoms with Gasteiger partial charge in [0.2, 0.25) is 5.91 Å². The molecule has 5 heteroatoms. The predicted octanol–water partition coefficient (Wildman–Crippen LogP) is 3.06. The van der Waals surface area contributed by atoms with E-state index in [0.29, 0.717) is 17.4 Å². The zero-order chi connectivity index (χ0) is 15.0. The van der Waals surface area contributed by atoms with Crippen LogP contribution < -0.4 is 5.32 Å². The van der Waals surface area contributed by atoms with Crippen molar-refractivity contribution in [3.63, 3.8) is 0 Å². The second-order valence-corrected chi connectivity index (χ2v) is 6.54. The number of hydrogen-bond acceptors (Lipinski definition) is 2. The third-order valence-electron chi connectivity index (χ3n) is 4.36. The topological polar surface area (TPSA) is 49.3 Å². The molecule has 1 unspecified atom stereocenters. The molecule has 0 spiro atoms. The van der Waals surface area contributed by atoms with Crippen LogP contribution in [-0.2, 0) is 4.79 Å². The largest absolute Gasteiger partial charge is 0.387 e. The lowest BCUT2D eigenvalue weighted by Crippen LogP contribution is -2.35. The van der Waals surface area contributed by atoms with Gasteiger partial charge in [-0.3, -0.25) is 4.79 Å². The molecule has 3 rings (SSSR count). The van der Waals surface area contributed by atoms with Gasteiger partial charge in [0.25, 0.3) is 0 Å². The summed E-state index contributed by atoms with van der Waals surface area (Å²) < 4.78 is 13.4. The monoisotopic (exact) mass is 311 g/mol. The Morgan fingerprint density at radius 1 is 1.33 bits per heavy atom. The van der Waals surface area contributed by atoms with E-state index in [1.165, 1.54) is 12.1 Å². The number of aliphatic hydroxyl groups is 1.